The second kappa shape index (κ2) is 9.86. The van der Waals surface area contributed by atoms with Crippen molar-refractivity contribution in [2.75, 3.05) is 0 Å². The quantitative estimate of drug-likeness (QED) is 0.212. The summed E-state index contributed by atoms with van der Waals surface area (Å²) in [5.74, 6) is 0. The minimum Gasteiger partial charge on any atom is -0.338 e. The summed E-state index contributed by atoms with van der Waals surface area (Å²) in [6.45, 7) is 1.49. The van der Waals surface area contributed by atoms with Crippen LogP contribution in [-0.4, -0.2) is 30.1 Å². The lowest BCUT2D eigenvalue weighted by atomic mass is 10.1. The fraction of sp³-hybridized carbons (Fsp3) is 0.0667. The van der Waals surface area contributed by atoms with Gasteiger partial charge in [-0.2, -0.15) is 9.49 Å². The van der Waals surface area contributed by atoms with E-state index in [4.69, 9.17) is 0 Å². The molecule has 0 aliphatic rings. The molecule has 0 fully saturated rings. The van der Waals surface area contributed by atoms with E-state index in [9.17, 15) is 4.39 Å². The summed E-state index contributed by atoms with van der Waals surface area (Å²) in [7, 11) is 0. The Balaban J connectivity index is 1.20. The maximum Gasteiger partial charge on any atom is 0.176 e. The van der Waals surface area contributed by atoms with Crippen molar-refractivity contribution in [3.8, 4) is 33.1 Å². The zero-order valence-corrected chi connectivity index (χ0v) is 21.5. The predicted molar refractivity (Wildman–Crippen MR) is 152 cm³/mol. The number of nitrogens with zero attached hydrogens (tertiary/aromatic N) is 4. The largest absolute Gasteiger partial charge is 0.338 e. The molecule has 6 heterocycles. The standard InChI is InChI=1S/C30H22FN7S/c31-28-7-6-27(39-28)21-8-9-34-30-22(21)11-25(36-30)29-23-12-24(35-17-26(23)37-38-29)20-10-19(15-33-16-20)14-32-13-18-4-2-1-3-5-18/h1-12,15-17,32H,13-14H2,(H,34,36)(H,37,38). The fourth-order valence-electron chi connectivity index (χ4n) is 4.78. The van der Waals surface area contributed by atoms with Crippen LogP contribution in [0.5, 0.6) is 0 Å². The van der Waals surface area contributed by atoms with Crippen LogP contribution in [0.4, 0.5) is 4.39 Å². The summed E-state index contributed by atoms with van der Waals surface area (Å²) < 4.78 is 13.7. The molecular formula is C30H22FN7S. The molecule has 0 saturated carbocycles. The van der Waals surface area contributed by atoms with Crippen molar-refractivity contribution in [3.05, 3.63) is 108 Å². The minimum atomic E-state index is -0.213. The molecule has 0 amide bonds. The molecule has 9 heteroatoms. The van der Waals surface area contributed by atoms with Gasteiger partial charge < -0.3 is 10.3 Å². The van der Waals surface area contributed by atoms with Crippen molar-refractivity contribution in [1.82, 2.24) is 35.5 Å². The Morgan fingerprint density at radius 1 is 0.846 bits per heavy atom. The van der Waals surface area contributed by atoms with Crippen LogP contribution in [0.1, 0.15) is 11.1 Å². The maximum absolute atomic E-state index is 13.7. The van der Waals surface area contributed by atoms with Gasteiger partial charge >= 0.3 is 0 Å². The molecule has 190 valence electrons. The number of pyridine rings is 3. The molecule has 0 bridgehead atoms. The second-order valence-electron chi connectivity index (χ2n) is 9.27. The van der Waals surface area contributed by atoms with Gasteiger partial charge in [-0.15, -0.1) is 11.3 Å². The van der Waals surface area contributed by atoms with Crippen molar-refractivity contribution >= 4 is 33.3 Å². The summed E-state index contributed by atoms with van der Waals surface area (Å²) in [6.07, 6.45) is 7.23. The van der Waals surface area contributed by atoms with E-state index >= 15 is 0 Å². The molecule has 0 saturated heterocycles. The maximum atomic E-state index is 13.7. The predicted octanol–water partition coefficient (Wildman–Crippen LogP) is 6.72. The lowest BCUT2D eigenvalue weighted by Gasteiger charge is -2.07. The number of H-pyrrole nitrogens is 2. The van der Waals surface area contributed by atoms with Crippen molar-refractivity contribution < 1.29 is 4.39 Å². The number of aromatic amines is 2. The first-order chi connectivity index (χ1) is 19.2. The van der Waals surface area contributed by atoms with Crippen LogP contribution in [0.2, 0.25) is 0 Å². The average Bonchev–Trinajstić information content (AvgIpc) is 3.71. The third-order valence-corrected chi connectivity index (χ3v) is 7.57. The third kappa shape index (κ3) is 4.58. The lowest BCUT2D eigenvalue weighted by molar-refractivity contribution is 0.657. The van der Waals surface area contributed by atoms with Gasteiger partial charge in [0.1, 0.15) is 11.3 Å². The van der Waals surface area contributed by atoms with E-state index in [0.717, 1.165) is 78.5 Å². The van der Waals surface area contributed by atoms with E-state index in [1.807, 2.05) is 48.8 Å². The van der Waals surface area contributed by atoms with E-state index in [1.165, 1.54) is 11.6 Å². The van der Waals surface area contributed by atoms with E-state index in [2.05, 4.69) is 53.6 Å². The smallest absolute Gasteiger partial charge is 0.176 e. The molecule has 0 atom stereocenters. The molecule has 7 rings (SSSR count). The Morgan fingerprint density at radius 2 is 1.74 bits per heavy atom. The van der Waals surface area contributed by atoms with Crippen LogP contribution in [0.15, 0.2) is 91.5 Å². The van der Waals surface area contributed by atoms with E-state index < -0.39 is 0 Å². The SMILES string of the molecule is Fc1ccc(-c2ccnc3[nH]c(-c4n[nH]c5cnc(-c6cncc(CNCc7ccccc7)c6)cc45)cc23)s1. The van der Waals surface area contributed by atoms with Gasteiger partial charge in [0.05, 0.1) is 23.1 Å². The molecule has 0 aliphatic heterocycles. The van der Waals surface area contributed by atoms with Crippen LogP contribution in [0.25, 0.3) is 55.0 Å². The summed E-state index contributed by atoms with van der Waals surface area (Å²) in [6, 6.07) is 21.7. The summed E-state index contributed by atoms with van der Waals surface area (Å²) in [4.78, 5) is 17.9. The van der Waals surface area contributed by atoms with Gasteiger partial charge in [0.15, 0.2) is 5.13 Å². The van der Waals surface area contributed by atoms with Gasteiger partial charge in [0.2, 0.25) is 0 Å². The lowest BCUT2D eigenvalue weighted by Crippen LogP contribution is -2.12. The van der Waals surface area contributed by atoms with Crippen molar-refractivity contribution in [2.45, 2.75) is 13.1 Å². The van der Waals surface area contributed by atoms with Crippen LogP contribution in [0.3, 0.4) is 0 Å². The first-order valence-corrected chi connectivity index (χ1v) is 13.3. The number of nitrogens with one attached hydrogen (secondary N) is 3. The summed E-state index contributed by atoms with van der Waals surface area (Å²) >= 11 is 1.12. The Hall–Kier alpha value is -4.73. The molecule has 39 heavy (non-hydrogen) atoms. The van der Waals surface area contributed by atoms with Crippen LogP contribution < -0.4 is 5.32 Å². The van der Waals surface area contributed by atoms with Crippen LogP contribution >= 0.6 is 11.3 Å². The highest BCUT2D eigenvalue weighted by Crippen LogP contribution is 2.36. The molecule has 1 aromatic carbocycles. The number of thiophene rings is 1. The van der Waals surface area contributed by atoms with E-state index in [0.29, 0.717) is 6.54 Å². The van der Waals surface area contributed by atoms with Crippen LogP contribution in [0, 0.1) is 5.13 Å². The Labute approximate surface area is 226 Å². The highest BCUT2D eigenvalue weighted by molar-refractivity contribution is 7.14. The first-order valence-electron chi connectivity index (χ1n) is 12.5. The molecule has 7 nitrogen and oxygen atoms in total. The zero-order chi connectivity index (χ0) is 26.2. The number of benzene rings is 1. The number of hydrogen-bond acceptors (Lipinski definition) is 6. The van der Waals surface area contributed by atoms with Gasteiger partial charge in [-0.1, -0.05) is 30.3 Å². The number of fused-ring (bicyclic) bond motifs is 2. The van der Waals surface area contributed by atoms with Crippen molar-refractivity contribution in [2.24, 2.45) is 0 Å². The van der Waals surface area contributed by atoms with Crippen molar-refractivity contribution in [1.29, 1.82) is 0 Å². The molecule has 3 N–H and O–H groups in total. The number of hydrogen-bond donors (Lipinski definition) is 3. The van der Waals surface area contributed by atoms with Gasteiger partial charge in [0, 0.05) is 58.5 Å². The second-order valence-corrected chi connectivity index (χ2v) is 10.3. The fourth-order valence-corrected chi connectivity index (χ4v) is 5.55. The molecule has 6 aromatic heterocycles. The monoisotopic (exact) mass is 531 g/mol. The Bertz CT molecular complexity index is 1920. The van der Waals surface area contributed by atoms with Crippen molar-refractivity contribution in [3.63, 3.8) is 0 Å². The third-order valence-electron chi connectivity index (χ3n) is 6.66. The Morgan fingerprint density at radius 3 is 2.62 bits per heavy atom. The molecule has 0 unspecified atom stereocenters. The van der Waals surface area contributed by atoms with E-state index in [1.54, 1.807) is 18.5 Å². The van der Waals surface area contributed by atoms with Gasteiger partial charge in [-0.3, -0.25) is 15.1 Å². The van der Waals surface area contributed by atoms with Gasteiger partial charge in [-0.05, 0) is 47.5 Å². The number of rotatable bonds is 7. The molecule has 0 radical (unpaired) electrons. The molecule has 0 spiro atoms. The normalized spacial score (nSPS) is 11.5. The van der Waals surface area contributed by atoms with Gasteiger partial charge in [-0.25, -0.2) is 4.98 Å². The highest BCUT2D eigenvalue weighted by atomic mass is 32.1. The van der Waals surface area contributed by atoms with E-state index in [-0.39, 0.29) is 5.13 Å². The van der Waals surface area contributed by atoms with Gasteiger partial charge in [0.25, 0.3) is 0 Å². The zero-order valence-electron chi connectivity index (χ0n) is 20.6. The minimum absolute atomic E-state index is 0.213. The molecule has 7 aromatic rings. The average molecular weight is 532 g/mol. The summed E-state index contributed by atoms with van der Waals surface area (Å²) in [5.41, 5.74) is 8.14. The van der Waals surface area contributed by atoms with Crippen LogP contribution in [-0.2, 0) is 13.1 Å². The number of halogens is 1. The Kier molecular flexibility index (Phi) is 5.92. The summed E-state index contributed by atoms with van der Waals surface area (Å²) in [5, 5.41) is 12.8. The topological polar surface area (TPSA) is 95.2 Å². The molecule has 0 aliphatic carbocycles. The number of aromatic nitrogens is 6. The highest BCUT2D eigenvalue weighted by Gasteiger charge is 2.16. The first kappa shape index (κ1) is 23.4. The molecular weight excluding hydrogens is 509 g/mol.